The predicted octanol–water partition coefficient (Wildman–Crippen LogP) is 3.76. The van der Waals surface area contributed by atoms with Gasteiger partial charge in [0.25, 0.3) is 5.91 Å². The molecule has 0 atom stereocenters. The van der Waals surface area contributed by atoms with Crippen LogP contribution in [0.3, 0.4) is 0 Å². The van der Waals surface area contributed by atoms with Gasteiger partial charge >= 0.3 is 0 Å². The van der Waals surface area contributed by atoms with Crippen LogP contribution in [0.15, 0.2) is 48.5 Å². The van der Waals surface area contributed by atoms with Crippen LogP contribution >= 0.6 is 11.6 Å². The maximum Gasteiger partial charge on any atom is 0.267 e. The molecular weight excluding hydrogens is 300 g/mol. The molecule has 0 radical (unpaired) electrons. The number of hydrogen-bond donors (Lipinski definition) is 2. The second kappa shape index (κ2) is 6.12. The molecule has 0 saturated carbocycles. The number of halogens is 1. The molecule has 3 rings (SSSR count). The lowest BCUT2D eigenvalue weighted by Crippen LogP contribution is -2.23. The topological polar surface area (TPSA) is 54.1 Å². The number of amides is 1. The molecule has 5 heteroatoms. The number of rotatable bonds is 4. The third-order valence-corrected chi connectivity index (χ3v) is 3.84. The van der Waals surface area contributed by atoms with Gasteiger partial charge in [0.2, 0.25) is 0 Å². The predicted molar refractivity (Wildman–Crippen MR) is 87.5 cm³/mol. The molecular formula is C17H15ClN2O2. The van der Waals surface area contributed by atoms with Crippen LogP contribution in [0, 0.1) is 0 Å². The minimum absolute atomic E-state index is 0.171. The van der Waals surface area contributed by atoms with E-state index in [9.17, 15) is 4.79 Å². The Balaban J connectivity index is 1.76. The monoisotopic (exact) mass is 314 g/mol. The highest BCUT2D eigenvalue weighted by molar-refractivity contribution is 6.31. The first kappa shape index (κ1) is 14.5. The number of ether oxygens (including phenoxy) is 1. The number of aromatic nitrogens is 1. The van der Waals surface area contributed by atoms with Gasteiger partial charge in [0.1, 0.15) is 11.4 Å². The molecule has 0 saturated heterocycles. The van der Waals surface area contributed by atoms with Gasteiger partial charge in [-0.3, -0.25) is 4.79 Å². The van der Waals surface area contributed by atoms with Gasteiger partial charge in [-0.1, -0.05) is 29.8 Å². The van der Waals surface area contributed by atoms with Crippen molar-refractivity contribution in [1.29, 1.82) is 0 Å². The summed E-state index contributed by atoms with van der Waals surface area (Å²) in [6.45, 7) is 0.386. The Morgan fingerprint density at radius 2 is 2.05 bits per heavy atom. The van der Waals surface area contributed by atoms with E-state index in [4.69, 9.17) is 16.3 Å². The van der Waals surface area contributed by atoms with Crippen molar-refractivity contribution in [3.63, 3.8) is 0 Å². The summed E-state index contributed by atoms with van der Waals surface area (Å²) in [6, 6.07) is 14.9. The fourth-order valence-corrected chi connectivity index (χ4v) is 2.47. The highest BCUT2D eigenvalue weighted by Crippen LogP contribution is 2.21. The summed E-state index contributed by atoms with van der Waals surface area (Å²) in [4.78, 5) is 15.3. The molecule has 1 aromatic heterocycles. The number of carbonyl (C=O) groups is 1. The van der Waals surface area contributed by atoms with Crippen molar-refractivity contribution in [2.75, 3.05) is 7.11 Å². The number of H-pyrrole nitrogens is 1. The fourth-order valence-electron chi connectivity index (χ4n) is 2.27. The molecule has 0 aliphatic rings. The van der Waals surface area contributed by atoms with Gasteiger partial charge in [-0.05, 0) is 29.8 Å². The Morgan fingerprint density at radius 1 is 1.23 bits per heavy atom. The van der Waals surface area contributed by atoms with Crippen LogP contribution in [-0.2, 0) is 6.54 Å². The molecule has 0 unspecified atom stereocenters. The molecule has 0 bridgehead atoms. The van der Waals surface area contributed by atoms with E-state index in [1.54, 1.807) is 13.2 Å². The zero-order chi connectivity index (χ0) is 15.5. The van der Waals surface area contributed by atoms with E-state index >= 15 is 0 Å². The Kier molecular flexibility index (Phi) is 4.02. The molecule has 2 aromatic carbocycles. The van der Waals surface area contributed by atoms with Crippen LogP contribution in [-0.4, -0.2) is 18.0 Å². The zero-order valence-electron chi connectivity index (χ0n) is 12.0. The molecule has 1 amide bonds. The van der Waals surface area contributed by atoms with E-state index in [1.807, 2.05) is 42.5 Å². The number of methoxy groups -OCH3 is 1. The third kappa shape index (κ3) is 2.92. The van der Waals surface area contributed by atoms with Crippen molar-refractivity contribution in [2.24, 2.45) is 0 Å². The van der Waals surface area contributed by atoms with Crippen molar-refractivity contribution in [2.45, 2.75) is 6.54 Å². The summed E-state index contributed by atoms with van der Waals surface area (Å²) in [7, 11) is 1.61. The second-order valence-corrected chi connectivity index (χ2v) is 5.32. The van der Waals surface area contributed by atoms with Gasteiger partial charge in [-0.2, -0.15) is 0 Å². The Bertz CT molecular complexity index is 826. The maximum atomic E-state index is 12.2. The molecule has 0 spiro atoms. The first-order valence-electron chi connectivity index (χ1n) is 6.86. The normalized spacial score (nSPS) is 10.6. The van der Waals surface area contributed by atoms with Crippen LogP contribution in [0.25, 0.3) is 10.9 Å². The smallest absolute Gasteiger partial charge is 0.267 e. The summed E-state index contributed by atoms with van der Waals surface area (Å²) < 4.78 is 5.18. The summed E-state index contributed by atoms with van der Waals surface area (Å²) in [5.74, 6) is 0.576. The number of aromatic amines is 1. The van der Waals surface area contributed by atoms with Gasteiger partial charge in [0.15, 0.2) is 0 Å². The Morgan fingerprint density at radius 3 is 2.82 bits per heavy atom. The van der Waals surface area contributed by atoms with Gasteiger partial charge in [-0.25, -0.2) is 0 Å². The lowest BCUT2D eigenvalue weighted by Gasteiger charge is -2.05. The van der Waals surface area contributed by atoms with Crippen LogP contribution in [0.4, 0.5) is 0 Å². The number of fused-ring (bicyclic) bond motifs is 1. The Hall–Kier alpha value is -2.46. The second-order valence-electron chi connectivity index (χ2n) is 4.91. The molecule has 22 heavy (non-hydrogen) atoms. The van der Waals surface area contributed by atoms with Crippen LogP contribution in [0.5, 0.6) is 5.75 Å². The highest BCUT2D eigenvalue weighted by Gasteiger charge is 2.10. The van der Waals surface area contributed by atoms with E-state index in [1.165, 1.54) is 0 Å². The Labute approximate surface area is 133 Å². The van der Waals surface area contributed by atoms with Crippen LogP contribution in [0.2, 0.25) is 5.02 Å². The van der Waals surface area contributed by atoms with Gasteiger partial charge in [0, 0.05) is 28.5 Å². The molecule has 0 aliphatic carbocycles. The van der Waals surface area contributed by atoms with Gasteiger partial charge in [-0.15, -0.1) is 0 Å². The number of nitrogens with one attached hydrogen (secondary N) is 2. The highest BCUT2D eigenvalue weighted by atomic mass is 35.5. The SMILES string of the molecule is COc1ccc2cc(C(=O)NCc3ccccc3Cl)[nH]c2c1. The quantitative estimate of drug-likeness (QED) is 0.770. The van der Waals surface area contributed by atoms with Crippen LogP contribution in [0.1, 0.15) is 16.1 Å². The minimum atomic E-state index is -0.171. The molecule has 1 heterocycles. The maximum absolute atomic E-state index is 12.2. The van der Waals surface area contributed by atoms with Crippen molar-refractivity contribution >= 4 is 28.4 Å². The summed E-state index contributed by atoms with van der Waals surface area (Å²) in [5.41, 5.74) is 2.26. The average molecular weight is 315 g/mol. The molecule has 3 aromatic rings. The summed E-state index contributed by atoms with van der Waals surface area (Å²) in [6.07, 6.45) is 0. The van der Waals surface area contributed by atoms with E-state index in [2.05, 4.69) is 10.3 Å². The third-order valence-electron chi connectivity index (χ3n) is 3.47. The lowest BCUT2D eigenvalue weighted by molar-refractivity contribution is 0.0947. The van der Waals surface area contributed by atoms with Crippen molar-refractivity contribution in [3.8, 4) is 5.75 Å². The number of hydrogen-bond acceptors (Lipinski definition) is 2. The van der Waals surface area contributed by atoms with E-state index in [0.717, 1.165) is 22.2 Å². The van der Waals surface area contributed by atoms with Gasteiger partial charge < -0.3 is 15.0 Å². The van der Waals surface area contributed by atoms with Crippen molar-refractivity contribution in [1.82, 2.24) is 10.3 Å². The molecule has 2 N–H and O–H groups in total. The summed E-state index contributed by atoms with van der Waals surface area (Å²) >= 11 is 6.08. The van der Waals surface area contributed by atoms with Crippen LogP contribution < -0.4 is 10.1 Å². The zero-order valence-corrected chi connectivity index (χ0v) is 12.8. The number of carbonyl (C=O) groups excluding carboxylic acids is 1. The molecule has 0 fully saturated rings. The summed E-state index contributed by atoms with van der Waals surface area (Å²) in [5, 5.41) is 4.46. The van der Waals surface area contributed by atoms with Crippen molar-refractivity contribution < 1.29 is 9.53 Å². The first-order valence-corrected chi connectivity index (χ1v) is 7.23. The van der Waals surface area contributed by atoms with E-state index < -0.39 is 0 Å². The first-order chi connectivity index (χ1) is 10.7. The minimum Gasteiger partial charge on any atom is -0.497 e. The molecule has 0 aliphatic heterocycles. The van der Waals surface area contributed by atoms with Gasteiger partial charge in [0.05, 0.1) is 7.11 Å². The number of benzene rings is 2. The fraction of sp³-hybridized carbons (Fsp3) is 0.118. The standard InChI is InChI=1S/C17H15ClN2O2/c1-22-13-7-6-11-8-16(20-15(11)9-13)17(21)19-10-12-4-2-3-5-14(12)18/h2-9,20H,10H2,1H3,(H,19,21). The lowest BCUT2D eigenvalue weighted by atomic mass is 10.2. The molecule has 4 nitrogen and oxygen atoms in total. The average Bonchev–Trinajstić information content (AvgIpc) is 2.96. The largest absolute Gasteiger partial charge is 0.497 e. The van der Waals surface area contributed by atoms with Crippen molar-refractivity contribution in [3.05, 3.63) is 64.8 Å². The van der Waals surface area contributed by atoms with E-state index in [0.29, 0.717) is 17.3 Å². The van der Waals surface area contributed by atoms with E-state index in [-0.39, 0.29) is 5.91 Å². The molecule has 112 valence electrons.